The van der Waals surface area contributed by atoms with E-state index in [1.54, 1.807) is 21.9 Å². The van der Waals surface area contributed by atoms with Crippen molar-refractivity contribution >= 4 is 11.7 Å². The smallest absolute Gasteiger partial charge is 0.242 e. The normalized spacial score (nSPS) is 15.3. The molecule has 114 valence electrons. The second-order valence-corrected chi connectivity index (χ2v) is 5.18. The highest BCUT2D eigenvalue weighted by Gasteiger charge is 2.26. The van der Waals surface area contributed by atoms with E-state index in [9.17, 15) is 13.6 Å². The highest BCUT2D eigenvalue weighted by atomic mass is 19.1. The molecule has 0 radical (unpaired) electrons. The van der Waals surface area contributed by atoms with Crippen LogP contribution in [0.3, 0.4) is 0 Å². The number of nitrogens with zero attached hydrogens (tertiary/aromatic N) is 3. The van der Waals surface area contributed by atoms with Crippen molar-refractivity contribution < 1.29 is 13.6 Å². The van der Waals surface area contributed by atoms with E-state index in [2.05, 4.69) is 4.98 Å². The Morgan fingerprint density at radius 2 is 2.00 bits per heavy atom. The number of piperazine rings is 1. The molecule has 4 nitrogen and oxygen atoms in total. The summed E-state index contributed by atoms with van der Waals surface area (Å²) in [6.45, 7) is 1.37. The fraction of sp³-hybridized carbons (Fsp3) is 0.250. The first-order valence-corrected chi connectivity index (χ1v) is 7.01. The number of pyridine rings is 1. The van der Waals surface area contributed by atoms with Crippen LogP contribution in [0.15, 0.2) is 42.6 Å². The first kappa shape index (κ1) is 14.4. The molecule has 2 aromatic rings. The Hall–Kier alpha value is -2.50. The zero-order valence-corrected chi connectivity index (χ0v) is 11.9. The summed E-state index contributed by atoms with van der Waals surface area (Å²) >= 11 is 0. The van der Waals surface area contributed by atoms with Gasteiger partial charge in [-0.05, 0) is 29.8 Å². The molecule has 2 heterocycles. The first-order chi connectivity index (χ1) is 10.6. The number of anilines is 1. The SMILES string of the molecule is O=C1CN(c2ncccc2F)CCN1Cc1cccc(F)c1. The minimum absolute atomic E-state index is 0.0727. The lowest BCUT2D eigenvalue weighted by atomic mass is 10.2. The molecule has 0 unspecified atom stereocenters. The molecule has 0 atom stereocenters. The lowest BCUT2D eigenvalue weighted by Gasteiger charge is -2.35. The van der Waals surface area contributed by atoms with Crippen LogP contribution in [0, 0.1) is 11.6 Å². The molecule has 3 rings (SSSR count). The average molecular weight is 303 g/mol. The van der Waals surface area contributed by atoms with Crippen LogP contribution in [0.5, 0.6) is 0 Å². The highest BCUT2D eigenvalue weighted by molar-refractivity contribution is 5.82. The van der Waals surface area contributed by atoms with Gasteiger partial charge in [0, 0.05) is 25.8 Å². The van der Waals surface area contributed by atoms with E-state index in [0.717, 1.165) is 5.56 Å². The number of amides is 1. The number of halogens is 2. The summed E-state index contributed by atoms with van der Waals surface area (Å²) in [4.78, 5) is 19.5. The van der Waals surface area contributed by atoms with Gasteiger partial charge < -0.3 is 9.80 Å². The number of rotatable bonds is 3. The van der Waals surface area contributed by atoms with E-state index >= 15 is 0 Å². The third-order valence-electron chi connectivity index (χ3n) is 3.62. The Labute approximate surface area is 127 Å². The van der Waals surface area contributed by atoms with Gasteiger partial charge in [-0.2, -0.15) is 0 Å². The summed E-state index contributed by atoms with van der Waals surface area (Å²) in [5.74, 6) is -0.685. The molecule has 0 spiro atoms. The Morgan fingerprint density at radius 3 is 2.73 bits per heavy atom. The maximum absolute atomic E-state index is 13.7. The van der Waals surface area contributed by atoms with E-state index in [1.807, 2.05) is 0 Å². The van der Waals surface area contributed by atoms with Crippen LogP contribution in [0.4, 0.5) is 14.6 Å². The fourth-order valence-corrected chi connectivity index (χ4v) is 2.52. The molecule has 1 fully saturated rings. The van der Waals surface area contributed by atoms with Crippen LogP contribution in [0.25, 0.3) is 0 Å². The zero-order chi connectivity index (χ0) is 15.5. The second-order valence-electron chi connectivity index (χ2n) is 5.18. The minimum atomic E-state index is -0.436. The Balaban J connectivity index is 1.68. The number of hydrogen-bond donors (Lipinski definition) is 0. The van der Waals surface area contributed by atoms with E-state index in [1.165, 1.54) is 30.5 Å². The lowest BCUT2D eigenvalue weighted by Crippen LogP contribution is -2.50. The van der Waals surface area contributed by atoms with Crippen molar-refractivity contribution in [2.24, 2.45) is 0 Å². The lowest BCUT2D eigenvalue weighted by molar-refractivity contribution is -0.131. The van der Waals surface area contributed by atoms with Gasteiger partial charge >= 0.3 is 0 Å². The van der Waals surface area contributed by atoms with Crippen molar-refractivity contribution in [2.75, 3.05) is 24.5 Å². The highest BCUT2D eigenvalue weighted by Crippen LogP contribution is 2.18. The van der Waals surface area contributed by atoms with Crippen molar-refractivity contribution in [1.29, 1.82) is 0 Å². The van der Waals surface area contributed by atoms with Gasteiger partial charge in [-0.3, -0.25) is 4.79 Å². The fourth-order valence-electron chi connectivity index (χ4n) is 2.52. The number of carbonyl (C=O) groups is 1. The van der Waals surface area contributed by atoms with Gasteiger partial charge in [0.1, 0.15) is 5.82 Å². The third kappa shape index (κ3) is 3.05. The summed E-state index contributed by atoms with van der Waals surface area (Å²) in [7, 11) is 0. The van der Waals surface area contributed by atoms with Gasteiger partial charge in [0.05, 0.1) is 6.54 Å². The molecule has 1 aromatic heterocycles. The maximum Gasteiger partial charge on any atom is 0.242 e. The van der Waals surface area contributed by atoms with E-state index in [4.69, 9.17) is 0 Å². The van der Waals surface area contributed by atoms with Crippen molar-refractivity contribution in [1.82, 2.24) is 9.88 Å². The van der Waals surface area contributed by atoms with Crippen molar-refractivity contribution in [3.05, 3.63) is 59.8 Å². The minimum Gasteiger partial charge on any atom is -0.343 e. The molecule has 22 heavy (non-hydrogen) atoms. The molecule has 1 amide bonds. The van der Waals surface area contributed by atoms with E-state index < -0.39 is 5.82 Å². The summed E-state index contributed by atoms with van der Waals surface area (Å²) in [6.07, 6.45) is 1.50. The second kappa shape index (κ2) is 6.09. The first-order valence-electron chi connectivity index (χ1n) is 7.01. The predicted octanol–water partition coefficient (Wildman–Crippen LogP) is 2.21. The van der Waals surface area contributed by atoms with Crippen molar-refractivity contribution in [2.45, 2.75) is 6.54 Å². The van der Waals surface area contributed by atoms with Gasteiger partial charge in [-0.15, -0.1) is 0 Å². The summed E-state index contributed by atoms with van der Waals surface area (Å²) in [5, 5.41) is 0. The molecule has 1 aliphatic rings. The van der Waals surface area contributed by atoms with Crippen LogP contribution in [-0.2, 0) is 11.3 Å². The van der Waals surface area contributed by atoms with Crippen molar-refractivity contribution in [3.8, 4) is 0 Å². The molecule has 0 saturated carbocycles. The molecule has 6 heteroatoms. The quantitative estimate of drug-likeness (QED) is 0.872. The zero-order valence-electron chi connectivity index (χ0n) is 11.9. The maximum atomic E-state index is 13.7. The topological polar surface area (TPSA) is 36.4 Å². The van der Waals surface area contributed by atoms with Gasteiger partial charge in [-0.1, -0.05) is 12.1 Å². The standard InChI is InChI=1S/C16H15F2N3O/c17-13-4-1-3-12(9-13)10-20-7-8-21(11-15(20)22)16-14(18)5-2-6-19-16/h1-6,9H,7-8,10-11H2. The summed E-state index contributed by atoms with van der Waals surface area (Å²) in [5.41, 5.74) is 0.741. The molecule has 0 N–H and O–H groups in total. The molecular formula is C16H15F2N3O. The Kier molecular flexibility index (Phi) is 4.00. The van der Waals surface area contributed by atoms with Crippen LogP contribution in [-0.4, -0.2) is 35.4 Å². The van der Waals surface area contributed by atoms with Crippen LogP contribution in [0.1, 0.15) is 5.56 Å². The van der Waals surface area contributed by atoms with E-state index in [0.29, 0.717) is 19.6 Å². The predicted molar refractivity (Wildman–Crippen MR) is 78.2 cm³/mol. The van der Waals surface area contributed by atoms with Crippen molar-refractivity contribution in [3.63, 3.8) is 0 Å². The molecule has 1 saturated heterocycles. The van der Waals surface area contributed by atoms with Gasteiger partial charge in [0.15, 0.2) is 11.6 Å². The largest absolute Gasteiger partial charge is 0.343 e. The summed E-state index contributed by atoms with van der Waals surface area (Å²) < 4.78 is 26.9. The monoisotopic (exact) mass is 303 g/mol. The average Bonchev–Trinajstić information content (AvgIpc) is 2.50. The van der Waals surface area contributed by atoms with Gasteiger partial charge in [0.2, 0.25) is 5.91 Å². The number of hydrogen-bond acceptors (Lipinski definition) is 3. The van der Waals surface area contributed by atoms with Gasteiger partial charge in [0.25, 0.3) is 0 Å². The van der Waals surface area contributed by atoms with Gasteiger partial charge in [-0.25, -0.2) is 13.8 Å². The molecule has 1 aromatic carbocycles. The summed E-state index contributed by atoms with van der Waals surface area (Å²) in [6, 6.07) is 9.02. The molecule has 1 aliphatic heterocycles. The Morgan fingerprint density at radius 1 is 1.14 bits per heavy atom. The number of carbonyl (C=O) groups excluding carboxylic acids is 1. The molecular weight excluding hydrogens is 288 g/mol. The third-order valence-corrected chi connectivity index (χ3v) is 3.62. The van der Waals surface area contributed by atoms with Crippen LogP contribution in [0.2, 0.25) is 0 Å². The van der Waals surface area contributed by atoms with Crippen LogP contribution >= 0.6 is 0 Å². The molecule has 0 bridgehead atoms. The van der Waals surface area contributed by atoms with Crippen LogP contribution < -0.4 is 4.90 Å². The number of aromatic nitrogens is 1. The van der Waals surface area contributed by atoms with E-state index in [-0.39, 0.29) is 24.1 Å². The molecule has 0 aliphatic carbocycles. The number of benzene rings is 1. The Bertz CT molecular complexity index is 693.